The van der Waals surface area contributed by atoms with Gasteiger partial charge in [0.2, 0.25) is 0 Å². The number of hydrogen-bond donors (Lipinski definition) is 2. The van der Waals surface area contributed by atoms with Gasteiger partial charge >= 0.3 is 5.69 Å². The molecule has 0 bridgehead atoms. The van der Waals surface area contributed by atoms with Gasteiger partial charge in [-0.1, -0.05) is 0 Å². The van der Waals surface area contributed by atoms with Crippen molar-refractivity contribution in [2.45, 2.75) is 58.7 Å². The monoisotopic (exact) mass is 521 g/mol. The number of aromatic nitrogens is 3. The van der Waals surface area contributed by atoms with Gasteiger partial charge in [0, 0.05) is 51.7 Å². The average Bonchev–Trinajstić information content (AvgIpc) is 3.05. The molecule has 0 saturated carbocycles. The van der Waals surface area contributed by atoms with Gasteiger partial charge in [0.25, 0.3) is 0 Å². The van der Waals surface area contributed by atoms with Crippen LogP contribution in [0.4, 0.5) is 0 Å². The molecule has 0 aromatic carbocycles. The van der Waals surface area contributed by atoms with Gasteiger partial charge in [-0.3, -0.25) is 14.5 Å². The lowest BCUT2D eigenvalue weighted by Crippen LogP contribution is -2.44. The zero-order chi connectivity index (χ0) is 19.8. The van der Waals surface area contributed by atoms with Crippen LogP contribution in [0.1, 0.15) is 38.9 Å². The van der Waals surface area contributed by atoms with Crippen LogP contribution in [0.5, 0.6) is 0 Å². The van der Waals surface area contributed by atoms with E-state index in [2.05, 4.69) is 34.5 Å². The van der Waals surface area contributed by atoms with E-state index < -0.39 is 0 Å². The zero-order valence-electron chi connectivity index (χ0n) is 17.7. The van der Waals surface area contributed by atoms with Crippen molar-refractivity contribution < 1.29 is 4.74 Å². The Morgan fingerprint density at radius 1 is 1.24 bits per heavy atom. The van der Waals surface area contributed by atoms with Gasteiger partial charge in [-0.05, 0) is 33.1 Å². The van der Waals surface area contributed by atoms with Gasteiger partial charge in [-0.2, -0.15) is 5.10 Å². The Hall–Kier alpha value is -1.14. The molecule has 0 amide bonds. The Morgan fingerprint density at radius 2 is 2.03 bits per heavy atom. The third-order valence-corrected chi connectivity index (χ3v) is 5.40. The van der Waals surface area contributed by atoms with E-state index in [-0.39, 0.29) is 29.7 Å². The molecule has 1 saturated heterocycles. The van der Waals surface area contributed by atoms with Crippen LogP contribution in [0.25, 0.3) is 0 Å². The summed E-state index contributed by atoms with van der Waals surface area (Å²) in [6.07, 6.45) is 3.95. The van der Waals surface area contributed by atoms with Gasteiger partial charge in [0.15, 0.2) is 5.96 Å². The van der Waals surface area contributed by atoms with Crippen LogP contribution in [0, 0.1) is 0 Å². The van der Waals surface area contributed by atoms with Crippen molar-refractivity contribution in [3.05, 3.63) is 16.3 Å². The highest BCUT2D eigenvalue weighted by atomic mass is 127. The molecule has 1 aromatic rings. The smallest absolute Gasteiger partial charge is 0.345 e. The van der Waals surface area contributed by atoms with Crippen molar-refractivity contribution in [1.29, 1.82) is 0 Å². The highest BCUT2D eigenvalue weighted by Gasteiger charge is 2.17. The number of aryl methyl sites for hydroxylation is 2. The maximum atomic E-state index is 12.4. The first-order valence-electron chi connectivity index (χ1n) is 10.7. The maximum absolute atomic E-state index is 12.4. The summed E-state index contributed by atoms with van der Waals surface area (Å²) in [6.45, 7) is 11.6. The Balaban J connectivity index is 0.00000300. The van der Waals surface area contributed by atoms with Gasteiger partial charge in [-0.25, -0.2) is 9.48 Å². The van der Waals surface area contributed by atoms with Crippen LogP contribution in [0.2, 0.25) is 0 Å². The predicted octanol–water partition coefficient (Wildman–Crippen LogP) is 0.665. The summed E-state index contributed by atoms with van der Waals surface area (Å²) in [6, 6.07) is 0.398. The largest absolute Gasteiger partial charge is 0.379 e. The summed E-state index contributed by atoms with van der Waals surface area (Å²) >= 11 is 0. The summed E-state index contributed by atoms with van der Waals surface area (Å²) < 4.78 is 8.86. The summed E-state index contributed by atoms with van der Waals surface area (Å²) in [5.74, 6) is 1.77. The van der Waals surface area contributed by atoms with Crippen LogP contribution in [-0.2, 0) is 24.2 Å². The van der Waals surface area contributed by atoms with E-state index in [0.29, 0.717) is 12.6 Å². The van der Waals surface area contributed by atoms with Crippen LogP contribution in [0.3, 0.4) is 0 Å². The molecule has 0 aliphatic carbocycles. The molecule has 3 rings (SSSR count). The van der Waals surface area contributed by atoms with Gasteiger partial charge in [0.1, 0.15) is 5.82 Å². The van der Waals surface area contributed by atoms with E-state index in [4.69, 9.17) is 9.73 Å². The number of hydrogen-bond acceptors (Lipinski definition) is 5. The Bertz CT molecular complexity index is 697. The van der Waals surface area contributed by atoms with E-state index >= 15 is 0 Å². The normalized spacial score (nSPS) is 18.6. The molecule has 166 valence electrons. The van der Waals surface area contributed by atoms with Crippen molar-refractivity contribution in [3.8, 4) is 0 Å². The van der Waals surface area contributed by atoms with Gasteiger partial charge < -0.3 is 15.4 Å². The van der Waals surface area contributed by atoms with E-state index in [9.17, 15) is 4.79 Å². The Morgan fingerprint density at radius 3 is 2.76 bits per heavy atom. The number of rotatable bonds is 8. The fourth-order valence-corrected chi connectivity index (χ4v) is 3.73. The average molecular weight is 521 g/mol. The number of nitrogens with one attached hydrogen (secondary N) is 2. The molecular formula is C19H36IN7O2. The van der Waals surface area contributed by atoms with E-state index in [0.717, 1.165) is 89.9 Å². The third kappa shape index (κ3) is 6.95. The summed E-state index contributed by atoms with van der Waals surface area (Å²) in [4.78, 5) is 19.5. The second-order valence-corrected chi connectivity index (χ2v) is 7.53. The molecule has 1 unspecified atom stereocenters. The Kier molecular flexibility index (Phi) is 10.4. The Labute approximate surface area is 190 Å². The molecule has 2 aliphatic rings. The summed E-state index contributed by atoms with van der Waals surface area (Å²) in [7, 11) is 0. The molecule has 29 heavy (non-hydrogen) atoms. The number of halogens is 1. The highest BCUT2D eigenvalue weighted by molar-refractivity contribution is 14.0. The molecule has 2 N–H and O–H groups in total. The molecule has 3 heterocycles. The first-order valence-corrected chi connectivity index (χ1v) is 10.7. The number of nitrogens with zero attached hydrogens (tertiary/aromatic N) is 5. The van der Waals surface area contributed by atoms with E-state index in [1.54, 1.807) is 4.68 Å². The SMILES string of the molecule is CCNC(=NCC(C)N1CCOCC1)NCCCn1nc2n(c1=O)CCCC2.I. The van der Waals surface area contributed by atoms with Crippen molar-refractivity contribution in [2.24, 2.45) is 4.99 Å². The van der Waals surface area contributed by atoms with Crippen LogP contribution in [0.15, 0.2) is 9.79 Å². The van der Waals surface area contributed by atoms with E-state index in [1.165, 1.54) is 0 Å². The molecule has 0 radical (unpaired) electrons. The minimum atomic E-state index is 0. The second kappa shape index (κ2) is 12.5. The number of guanidine groups is 1. The molecule has 10 heteroatoms. The summed E-state index contributed by atoms with van der Waals surface area (Å²) in [5.41, 5.74) is 0.0367. The molecule has 0 spiro atoms. The predicted molar refractivity (Wildman–Crippen MR) is 125 cm³/mol. The molecule has 2 aliphatic heterocycles. The van der Waals surface area contributed by atoms with Crippen LogP contribution < -0.4 is 16.3 Å². The zero-order valence-corrected chi connectivity index (χ0v) is 20.1. The fraction of sp³-hybridized carbons (Fsp3) is 0.842. The lowest BCUT2D eigenvalue weighted by molar-refractivity contribution is 0.0220. The summed E-state index contributed by atoms with van der Waals surface area (Å²) in [5, 5.41) is 11.2. The van der Waals surface area contributed by atoms with Gasteiger partial charge in [-0.15, -0.1) is 24.0 Å². The van der Waals surface area contributed by atoms with Crippen molar-refractivity contribution in [2.75, 3.05) is 45.9 Å². The van der Waals surface area contributed by atoms with E-state index in [1.807, 2.05) is 4.57 Å². The molecule has 1 fully saturated rings. The van der Waals surface area contributed by atoms with Crippen molar-refractivity contribution in [1.82, 2.24) is 29.9 Å². The second-order valence-electron chi connectivity index (χ2n) is 7.53. The minimum Gasteiger partial charge on any atom is -0.379 e. The quantitative estimate of drug-likeness (QED) is 0.226. The van der Waals surface area contributed by atoms with Crippen molar-refractivity contribution in [3.63, 3.8) is 0 Å². The topological polar surface area (TPSA) is 88.7 Å². The molecule has 9 nitrogen and oxygen atoms in total. The lowest BCUT2D eigenvalue weighted by atomic mass is 10.2. The first kappa shape index (κ1) is 24.1. The molecule has 1 aromatic heterocycles. The highest BCUT2D eigenvalue weighted by Crippen LogP contribution is 2.09. The number of fused-ring (bicyclic) bond motifs is 1. The third-order valence-electron chi connectivity index (χ3n) is 5.40. The number of morpholine rings is 1. The lowest BCUT2D eigenvalue weighted by Gasteiger charge is -2.31. The van der Waals surface area contributed by atoms with Crippen LogP contribution in [-0.4, -0.2) is 77.2 Å². The maximum Gasteiger partial charge on any atom is 0.345 e. The molecule has 1 atom stereocenters. The van der Waals surface area contributed by atoms with Crippen molar-refractivity contribution >= 4 is 29.9 Å². The first-order chi connectivity index (χ1) is 13.7. The standard InChI is InChI=1S/C19H35N7O2.HI/c1-3-20-18(22-15-16(2)24-11-13-28-14-12-24)21-8-6-10-26-19(27)25-9-5-4-7-17(25)23-26;/h16H,3-15H2,1-2H3,(H2,20,21,22);1H. The fourth-order valence-electron chi connectivity index (χ4n) is 3.73. The van der Waals surface area contributed by atoms with Gasteiger partial charge in [0.05, 0.1) is 19.8 Å². The minimum absolute atomic E-state index is 0. The van der Waals surface area contributed by atoms with Crippen LogP contribution >= 0.6 is 24.0 Å². The molecular weight excluding hydrogens is 485 g/mol. The number of aliphatic imine (C=N–C) groups is 1. The number of ether oxygens (including phenoxy) is 1.